The van der Waals surface area contributed by atoms with Gasteiger partial charge in [0.25, 0.3) is 0 Å². The summed E-state index contributed by atoms with van der Waals surface area (Å²) in [6.45, 7) is 6.01. The summed E-state index contributed by atoms with van der Waals surface area (Å²) in [6, 6.07) is 13.5. The number of ether oxygens (including phenoxy) is 1. The fourth-order valence-corrected chi connectivity index (χ4v) is 4.37. The second kappa shape index (κ2) is 7.07. The molecule has 2 aliphatic rings. The van der Waals surface area contributed by atoms with Crippen LogP contribution >= 0.6 is 0 Å². The first-order valence-corrected chi connectivity index (χ1v) is 9.78. The van der Waals surface area contributed by atoms with Crippen molar-refractivity contribution in [3.63, 3.8) is 0 Å². The van der Waals surface area contributed by atoms with Crippen LogP contribution in [-0.4, -0.2) is 18.9 Å². The number of hydrogen-bond acceptors (Lipinski definition) is 5. The highest BCUT2D eigenvalue weighted by atomic mass is 16.5. The summed E-state index contributed by atoms with van der Waals surface area (Å²) >= 11 is 0. The SMILES string of the molecule is COC(=O)C1=C(C)NC2=C(C(=O)CC(C)(C)C2)[C@H]1c1ccc(-c2ccccc2)o1. The third-order valence-electron chi connectivity index (χ3n) is 5.61. The number of methoxy groups -OCH3 is 1. The van der Waals surface area contributed by atoms with Crippen molar-refractivity contribution in [1.29, 1.82) is 0 Å². The van der Waals surface area contributed by atoms with Crippen LogP contribution in [0.25, 0.3) is 11.3 Å². The van der Waals surface area contributed by atoms with E-state index in [0.717, 1.165) is 17.7 Å². The van der Waals surface area contributed by atoms with Crippen molar-refractivity contribution < 1.29 is 18.7 Å². The standard InChI is InChI=1S/C24H25NO4/c1-14-20(23(27)28-4)22(21-16(25-14)12-24(2,3)13-17(21)26)19-11-10-18(29-19)15-8-6-5-7-9-15/h5-11,22,25H,12-13H2,1-4H3/t22-/m0/s1. The van der Waals surface area contributed by atoms with Crippen molar-refractivity contribution in [2.24, 2.45) is 5.41 Å². The molecular weight excluding hydrogens is 366 g/mol. The van der Waals surface area contributed by atoms with Crippen molar-refractivity contribution in [3.05, 3.63) is 70.8 Å². The minimum Gasteiger partial charge on any atom is -0.466 e. The van der Waals surface area contributed by atoms with E-state index in [0.29, 0.717) is 34.8 Å². The van der Waals surface area contributed by atoms with E-state index in [2.05, 4.69) is 19.2 Å². The first-order valence-electron chi connectivity index (χ1n) is 9.78. The van der Waals surface area contributed by atoms with Gasteiger partial charge < -0.3 is 14.5 Å². The number of benzene rings is 1. The van der Waals surface area contributed by atoms with Crippen LogP contribution in [0, 0.1) is 5.41 Å². The number of hydrogen-bond donors (Lipinski definition) is 1. The molecule has 4 rings (SSSR count). The zero-order chi connectivity index (χ0) is 20.8. The summed E-state index contributed by atoms with van der Waals surface area (Å²) in [5, 5.41) is 3.30. The van der Waals surface area contributed by atoms with E-state index in [1.54, 1.807) is 0 Å². The first kappa shape index (κ1) is 19.2. The Kier molecular flexibility index (Phi) is 4.69. The Hall–Kier alpha value is -3.08. The number of allylic oxidation sites excluding steroid dienone is 3. The summed E-state index contributed by atoms with van der Waals surface area (Å²) in [4.78, 5) is 25.8. The Morgan fingerprint density at radius 2 is 1.86 bits per heavy atom. The Morgan fingerprint density at radius 1 is 1.14 bits per heavy atom. The van der Waals surface area contributed by atoms with E-state index >= 15 is 0 Å². The molecule has 1 N–H and O–H groups in total. The smallest absolute Gasteiger partial charge is 0.336 e. The highest BCUT2D eigenvalue weighted by Gasteiger charge is 2.44. The molecule has 1 aliphatic heterocycles. The third-order valence-corrected chi connectivity index (χ3v) is 5.61. The number of esters is 1. The molecule has 0 radical (unpaired) electrons. The predicted octanol–water partition coefficient (Wildman–Crippen LogP) is 4.72. The van der Waals surface area contributed by atoms with Crippen molar-refractivity contribution in [2.75, 3.05) is 7.11 Å². The summed E-state index contributed by atoms with van der Waals surface area (Å²) in [5.74, 6) is 0.291. The van der Waals surface area contributed by atoms with Gasteiger partial charge >= 0.3 is 5.97 Å². The van der Waals surface area contributed by atoms with E-state index in [1.165, 1.54) is 7.11 Å². The van der Waals surface area contributed by atoms with E-state index < -0.39 is 11.9 Å². The molecule has 0 spiro atoms. The molecule has 0 unspecified atom stereocenters. The molecule has 2 aromatic rings. The maximum absolute atomic E-state index is 13.2. The van der Waals surface area contributed by atoms with E-state index in [9.17, 15) is 9.59 Å². The maximum atomic E-state index is 13.2. The van der Waals surface area contributed by atoms with Crippen LogP contribution in [0.15, 0.2) is 69.4 Å². The van der Waals surface area contributed by atoms with Crippen LogP contribution in [0.5, 0.6) is 0 Å². The van der Waals surface area contributed by atoms with Gasteiger partial charge in [-0.2, -0.15) is 0 Å². The van der Waals surface area contributed by atoms with Gasteiger partial charge in [0, 0.05) is 29.0 Å². The summed E-state index contributed by atoms with van der Waals surface area (Å²) < 4.78 is 11.2. The van der Waals surface area contributed by atoms with Crippen LogP contribution in [0.1, 0.15) is 45.3 Å². The van der Waals surface area contributed by atoms with Crippen LogP contribution in [0.4, 0.5) is 0 Å². The predicted molar refractivity (Wildman–Crippen MR) is 110 cm³/mol. The van der Waals surface area contributed by atoms with Crippen LogP contribution in [0.2, 0.25) is 0 Å². The average Bonchev–Trinajstić information content (AvgIpc) is 3.16. The van der Waals surface area contributed by atoms with Crippen LogP contribution in [0.3, 0.4) is 0 Å². The van der Waals surface area contributed by atoms with Crippen LogP contribution in [-0.2, 0) is 14.3 Å². The van der Waals surface area contributed by atoms with Gasteiger partial charge in [-0.05, 0) is 30.9 Å². The molecule has 29 heavy (non-hydrogen) atoms. The number of Topliss-reactive ketones (excluding diaryl/α,β-unsaturated/α-hetero) is 1. The molecule has 2 heterocycles. The zero-order valence-electron chi connectivity index (χ0n) is 17.2. The molecule has 1 aliphatic carbocycles. The van der Waals surface area contributed by atoms with Gasteiger partial charge in [-0.3, -0.25) is 4.79 Å². The lowest BCUT2D eigenvalue weighted by Crippen LogP contribution is -2.38. The van der Waals surface area contributed by atoms with Crippen molar-refractivity contribution in [2.45, 2.75) is 39.5 Å². The number of carbonyl (C=O) groups is 2. The van der Waals surface area contributed by atoms with Gasteiger partial charge in [-0.25, -0.2) is 4.79 Å². The second-order valence-electron chi connectivity index (χ2n) is 8.49. The zero-order valence-corrected chi connectivity index (χ0v) is 17.2. The molecule has 0 bridgehead atoms. The van der Waals surface area contributed by atoms with Gasteiger partial charge in [-0.15, -0.1) is 0 Å². The topological polar surface area (TPSA) is 68.5 Å². The number of carbonyl (C=O) groups excluding carboxylic acids is 2. The highest BCUT2D eigenvalue weighted by molar-refractivity contribution is 6.04. The summed E-state index contributed by atoms with van der Waals surface area (Å²) in [7, 11) is 1.35. The molecule has 0 saturated carbocycles. The number of nitrogens with one attached hydrogen (secondary N) is 1. The van der Waals surface area contributed by atoms with Gasteiger partial charge in [0.2, 0.25) is 0 Å². The summed E-state index contributed by atoms with van der Waals surface area (Å²) in [5.41, 5.74) is 3.42. The molecule has 150 valence electrons. The molecule has 5 nitrogen and oxygen atoms in total. The monoisotopic (exact) mass is 391 g/mol. The number of ketones is 1. The Morgan fingerprint density at radius 3 is 2.55 bits per heavy atom. The van der Waals surface area contributed by atoms with Gasteiger partial charge in [0.15, 0.2) is 5.78 Å². The van der Waals surface area contributed by atoms with E-state index in [1.807, 2.05) is 49.4 Å². The van der Waals surface area contributed by atoms with Gasteiger partial charge in [0.05, 0.1) is 18.6 Å². The average molecular weight is 391 g/mol. The molecule has 0 amide bonds. The van der Waals surface area contributed by atoms with E-state index in [-0.39, 0.29) is 11.2 Å². The van der Waals surface area contributed by atoms with Crippen molar-refractivity contribution in [1.82, 2.24) is 5.32 Å². The minimum absolute atomic E-state index is 0.0420. The fourth-order valence-electron chi connectivity index (χ4n) is 4.37. The Labute approximate surface area is 170 Å². The Bertz CT molecular complexity index is 1040. The number of rotatable bonds is 3. The molecule has 0 saturated heterocycles. The fraction of sp³-hybridized carbons (Fsp3) is 0.333. The minimum atomic E-state index is -0.570. The molecule has 5 heteroatoms. The van der Waals surface area contributed by atoms with Gasteiger partial charge in [0.1, 0.15) is 11.5 Å². The second-order valence-corrected chi connectivity index (χ2v) is 8.49. The van der Waals surface area contributed by atoms with E-state index in [4.69, 9.17) is 9.15 Å². The van der Waals surface area contributed by atoms with Crippen LogP contribution < -0.4 is 5.32 Å². The molecule has 1 aromatic heterocycles. The number of dihydropyridines is 1. The lowest BCUT2D eigenvalue weighted by Gasteiger charge is -2.38. The lowest BCUT2D eigenvalue weighted by atomic mass is 9.69. The first-order chi connectivity index (χ1) is 13.8. The quantitative estimate of drug-likeness (QED) is 0.767. The van der Waals surface area contributed by atoms with Gasteiger partial charge in [-0.1, -0.05) is 44.2 Å². The maximum Gasteiger partial charge on any atom is 0.336 e. The summed E-state index contributed by atoms with van der Waals surface area (Å²) in [6.07, 6.45) is 1.17. The molecule has 1 aromatic carbocycles. The molecule has 0 fully saturated rings. The molecular formula is C24H25NO4. The lowest BCUT2D eigenvalue weighted by molar-refractivity contribution is -0.136. The number of furan rings is 1. The normalized spacial score (nSPS) is 21.0. The van der Waals surface area contributed by atoms with Crippen molar-refractivity contribution in [3.8, 4) is 11.3 Å². The van der Waals surface area contributed by atoms with Crippen molar-refractivity contribution >= 4 is 11.8 Å². The third kappa shape index (κ3) is 3.41. The molecule has 1 atom stereocenters. The highest BCUT2D eigenvalue weighted by Crippen LogP contribution is 2.47. The Balaban J connectivity index is 1.85. The largest absolute Gasteiger partial charge is 0.466 e.